The molecule has 0 saturated carbocycles. The summed E-state index contributed by atoms with van der Waals surface area (Å²) in [6, 6.07) is 0.822. The van der Waals surface area contributed by atoms with Gasteiger partial charge in [-0.1, -0.05) is 13.8 Å². The molecule has 0 aromatic rings. The summed E-state index contributed by atoms with van der Waals surface area (Å²) in [5.74, 6) is 0.797. The molecular weight excluding hydrogens is 136 g/mol. The van der Waals surface area contributed by atoms with Crippen molar-refractivity contribution in [2.45, 2.75) is 19.9 Å². The third-order valence-corrected chi connectivity index (χ3v) is 2.32. The molecule has 1 rings (SSSR count). The van der Waals surface area contributed by atoms with Gasteiger partial charge in [-0.2, -0.15) is 0 Å². The fourth-order valence-electron chi connectivity index (χ4n) is 1.67. The van der Waals surface area contributed by atoms with Crippen molar-refractivity contribution in [3.63, 3.8) is 0 Å². The van der Waals surface area contributed by atoms with Gasteiger partial charge < -0.3 is 9.80 Å². The molecule has 0 unspecified atom stereocenters. The highest BCUT2D eigenvalue weighted by Gasteiger charge is 2.26. The lowest BCUT2D eigenvalue weighted by Gasteiger charge is -2.42. The monoisotopic (exact) mass is 156 g/mol. The van der Waals surface area contributed by atoms with Crippen LogP contribution in [0.2, 0.25) is 0 Å². The summed E-state index contributed by atoms with van der Waals surface area (Å²) in [6.45, 7) is 8.29. The fraction of sp³-hybridized carbons (Fsp3) is 1.00. The Morgan fingerprint density at radius 3 is 2.36 bits per heavy atom. The third-order valence-electron chi connectivity index (χ3n) is 2.32. The summed E-state index contributed by atoms with van der Waals surface area (Å²) in [7, 11) is 4.41. The predicted molar refractivity (Wildman–Crippen MR) is 48.8 cm³/mol. The molecule has 0 spiro atoms. The fourth-order valence-corrected chi connectivity index (χ4v) is 1.67. The molecule has 2 heteroatoms. The van der Waals surface area contributed by atoms with Crippen LogP contribution in [0.15, 0.2) is 0 Å². The maximum absolute atomic E-state index is 2.48. The van der Waals surface area contributed by atoms with E-state index in [1.54, 1.807) is 0 Å². The highest BCUT2D eigenvalue weighted by molar-refractivity contribution is 4.84. The Morgan fingerprint density at radius 2 is 2.00 bits per heavy atom. The standard InChI is InChI=1S/C9H20N2/c1-8(2)5-11(4)9-6-10(3)7-9/h8-9H,5-7H2,1-4H3. The molecule has 2 nitrogen and oxygen atoms in total. The molecular formula is C9H20N2. The highest BCUT2D eigenvalue weighted by atomic mass is 15.3. The van der Waals surface area contributed by atoms with Crippen LogP contribution >= 0.6 is 0 Å². The van der Waals surface area contributed by atoms with E-state index in [4.69, 9.17) is 0 Å². The van der Waals surface area contributed by atoms with E-state index in [1.807, 2.05) is 0 Å². The van der Waals surface area contributed by atoms with Crippen LogP contribution in [0.4, 0.5) is 0 Å². The second kappa shape index (κ2) is 3.55. The Bertz CT molecular complexity index is 117. The van der Waals surface area contributed by atoms with Gasteiger partial charge in [-0.3, -0.25) is 0 Å². The molecule has 0 aromatic heterocycles. The summed E-state index contributed by atoms with van der Waals surface area (Å²) in [5.41, 5.74) is 0. The number of hydrogen-bond acceptors (Lipinski definition) is 2. The molecule has 1 heterocycles. The first-order valence-corrected chi connectivity index (χ1v) is 4.48. The van der Waals surface area contributed by atoms with E-state index < -0.39 is 0 Å². The van der Waals surface area contributed by atoms with E-state index in [0.29, 0.717) is 0 Å². The Hall–Kier alpha value is -0.0800. The van der Waals surface area contributed by atoms with E-state index >= 15 is 0 Å². The second-order valence-corrected chi connectivity index (χ2v) is 4.21. The molecule has 1 saturated heterocycles. The first kappa shape index (κ1) is 9.01. The first-order chi connectivity index (χ1) is 5.09. The van der Waals surface area contributed by atoms with Crippen molar-refractivity contribution in [3.8, 4) is 0 Å². The topological polar surface area (TPSA) is 6.48 Å². The minimum Gasteiger partial charge on any atom is -0.303 e. The molecule has 11 heavy (non-hydrogen) atoms. The molecule has 0 aliphatic carbocycles. The van der Waals surface area contributed by atoms with Crippen molar-refractivity contribution >= 4 is 0 Å². The summed E-state index contributed by atoms with van der Waals surface area (Å²) < 4.78 is 0. The van der Waals surface area contributed by atoms with Crippen molar-refractivity contribution in [2.24, 2.45) is 5.92 Å². The van der Waals surface area contributed by atoms with E-state index in [9.17, 15) is 0 Å². The van der Waals surface area contributed by atoms with Gasteiger partial charge in [0.05, 0.1) is 0 Å². The quantitative estimate of drug-likeness (QED) is 0.599. The van der Waals surface area contributed by atoms with E-state index in [1.165, 1.54) is 19.6 Å². The van der Waals surface area contributed by atoms with Crippen molar-refractivity contribution in [2.75, 3.05) is 33.7 Å². The lowest BCUT2D eigenvalue weighted by Crippen LogP contribution is -2.57. The molecule has 0 bridgehead atoms. The Kier molecular flexibility index (Phi) is 2.90. The van der Waals surface area contributed by atoms with Gasteiger partial charge >= 0.3 is 0 Å². The van der Waals surface area contributed by atoms with Gasteiger partial charge in [0.25, 0.3) is 0 Å². The smallest absolute Gasteiger partial charge is 0.0347 e. The number of likely N-dealkylation sites (N-methyl/N-ethyl adjacent to an activating group) is 2. The zero-order chi connectivity index (χ0) is 8.43. The van der Waals surface area contributed by atoms with Crippen molar-refractivity contribution in [1.82, 2.24) is 9.80 Å². The summed E-state index contributed by atoms with van der Waals surface area (Å²) in [5, 5.41) is 0. The van der Waals surface area contributed by atoms with Crippen LogP contribution in [0.25, 0.3) is 0 Å². The number of likely N-dealkylation sites (tertiary alicyclic amines) is 1. The van der Waals surface area contributed by atoms with Gasteiger partial charge in [0.15, 0.2) is 0 Å². The average Bonchev–Trinajstić information content (AvgIpc) is 1.79. The lowest BCUT2D eigenvalue weighted by atomic mass is 10.1. The van der Waals surface area contributed by atoms with Crippen LogP contribution in [0.5, 0.6) is 0 Å². The second-order valence-electron chi connectivity index (χ2n) is 4.21. The maximum atomic E-state index is 2.48. The van der Waals surface area contributed by atoms with Crippen molar-refractivity contribution in [1.29, 1.82) is 0 Å². The number of hydrogen-bond donors (Lipinski definition) is 0. The SMILES string of the molecule is CC(C)CN(C)C1CN(C)C1. The van der Waals surface area contributed by atoms with Gasteiger partial charge in [0.1, 0.15) is 0 Å². The Balaban J connectivity index is 2.16. The maximum Gasteiger partial charge on any atom is 0.0347 e. The highest BCUT2D eigenvalue weighted by Crippen LogP contribution is 2.11. The van der Waals surface area contributed by atoms with Gasteiger partial charge in [-0.25, -0.2) is 0 Å². The van der Waals surface area contributed by atoms with Gasteiger partial charge in [-0.05, 0) is 20.0 Å². The molecule has 0 N–H and O–H groups in total. The Labute approximate surface area is 70.2 Å². The van der Waals surface area contributed by atoms with Crippen molar-refractivity contribution in [3.05, 3.63) is 0 Å². The molecule has 0 atom stereocenters. The first-order valence-electron chi connectivity index (χ1n) is 4.48. The molecule has 66 valence electrons. The molecule has 1 fully saturated rings. The zero-order valence-corrected chi connectivity index (χ0v) is 8.17. The third kappa shape index (κ3) is 2.46. The van der Waals surface area contributed by atoms with Crippen LogP contribution in [-0.2, 0) is 0 Å². The van der Waals surface area contributed by atoms with Gasteiger partial charge in [-0.15, -0.1) is 0 Å². The minimum atomic E-state index is 0.797. The van der Waals surface area contributed by atoms with E-state index in [-0.39, 0.29) is 0 Å². The Morgan fingerprint density at radius 1 is 1.45 bits per heavy atom. The molecule has 1 aliphatic rings. The van der Waals surface area contributed by atoms with Gasteiger partial charge in [0.2, 0.25) is 0 Å². The number of rotatable bonds is 3. The van der Waals surface area contributed by atoms with E-state index in [2.05, 4.69) is 37.7 Å². The molecule has 0 amide bonds. The molecule has 0 radical (unpaired) electrons. The predicted octanol–water partition coefficient (Wildman–Crippen LogP) is 0.888. The summed E-state index contributed by atoms with van der Waals surface area (Å²) in [6.07, 6.45) is 0. The average molecular weight is 156 g/mol. The normalized spacial score (nSPS) is 21.3. The molecule has 1 aliphatic heterocycles. The lowest BCUT2D eigenvalue weighted by molar-refractivity contribution is 0.0634. The summed E-state index contributed by atoms with van der Waals surface area (Å²) >= 11 is 0. The summed E-state index contributed by atoms with van der Waals surface area (Å²) in [4.78, 5) is 4.84. The van der Waals surface area contributed by atoms with Crippen LogP contribution in [0.3, 0.4) is 0 Å². The van der Waals surface area contributed by atoms with Crippen LogP contribution in [0, 0.1) is 5.92 Å². The largest absolute Gasteiger partial charge is 0.303 e. The van der Waals surface area contributed by atoms with Crippen LogP contribution in [-0.4, -0.2) is 49.6 Å². The van der Waals surface area contributed by atoms with Crippen LogP contribution < -0.4 is 0 Å². The van der Waals surface area contributed by atoms with Crippen LogP contribution in [0.1, 0.15) is 13.8 Å². The zero-order valence-electron chi connectivity index (χ0n) is 8.17. The van der Waals surface area contributed by atoms with E-state index in [0.717, 1.165) is 12.0 Å². The van der Waals surface area contributed by atoms with Gasteiger partial charge in [0, 0.05) is 25.7 Å². The number of nitrogens with zero attached hydrogens (tertiary/aromatic N) is 2. The molecule has 0 aromatic carbocycles. The minimum absolute atomic E-state index is 0.797. The van der Waals surface area contributed by atoms with Crippen molar-refractivity contribution < 1.29 is 0 Å².